The van der Waals surface area contributed by atoms with Gasteiger partial charge in [0.1, 0.15) is 0 Å². The zero-order valence-corrected chi connectivity index (χ0v) is 9.19. The van der Waals surface area contributed by atoms with Gasteiger partial charge in [0.05, 0.1) is 0 Å². The summed E-state index contributed by atoms with van der Waals surface area (Å²) in [5.74, 6) is 1.74. The molecule has 1 heterocycles. The van der Waals surface area contributed by atoms with E-state index < -0.39 is 0 Å². The van der Waals surface area contributed by atoms with Gasteiger partial charge in [-0.05, 0) is 11.5 Å². The maximum Gasteiger partial charge on any atom is 0.223 e. The highest BCUT2D eigenvalue weighted by molar-refractivity contribution is 5.60. The number of nitrogens with zero attached hydrogens (tertiary/aromatic N) is 2. The molecule has 0 unspecified atom stereocenters. The normalized spacial score (nSPS) is 10.9. The van der Waals surface area contributed by atoms with Gasteiger partial charge in [0.25, 0.3) is 0 Å². The second-order valence-corrected chi connectivity index (χ2v) is 3.88. The van der Waals surface area contributed by atoms with Gasteiger partial charge in [-0.15, -0.1) is 0 Å². The molecule has 0 atom stereocenters. The molecule has 1 aromatic heterocycles. The van der Waals surface area contributed by atoms with Gasteiger partial charge in [-0.3, -0.25) is 0 Å². The highest BCUT2D eigenvalue weighted by atomic mass is 16.5. The Balaban J connectivity index is 2.52. The molecule has 0 aliphatic rings. The van der Waals surface area contributed by atoms with Crippen molar-refractivity contribution in [3.63, 3.8) is 0 Å². The van der Waals surface area contributed by atoms with Gasteiger partial charge >= 0.3 is 0 Å². The second kappa shape index (κ2) is 3.85. The molecule has 1 aromatic carbocycles. The Morgan fingerprint density at radius 1 is 1.20 bits per heavy atom. The smallest absolute Gasteiger partial charge is 0.223 e. The summed E-state index contributed by atoms with van der Waals surface area (Å²) in [6.07, 6.45) is 0. The molecule has 0 fully saturated rings. The predicted molar refractivity (Wildman–Crippen MR) is 58.6 cm³/mol. The van der Waals surface area contributed by atoms with Crippen LogP contribution in [0.25, 0.3) is 11.4 Å². The standard InChI is InChI=1S/C12H14N2O/c1-8(2)10-6-4-5-7-11(10)12-13-9(3)15-14-12/h4-8H,1-3H3. The summed E-state index contributed by atoms with van der Waals surface area (Å²) in [4.78, 5) is 4.25. The van der Waals surface area contributed by atoms with Crippen LogP contribution in [0.15, 0.2) is 28.8 Å². The Morgan fingerprint density at radius 3 is 2.53 bits per heavy atom. The average Bonchev–Trinajstić information content (AvgIpc) is 2.65. The number of benzene rings is 1. The van der Waals surface area contributed by atoms with Crippen molar-refractivity contribution in [1.29, 1.82) is 0 Å². The van der Waals surface area contributed by atoms with E-state index in [9.17, 15) is 0 Å². The van der Waals surface area contributed by atoms with E-state index in [1.807, 2.05) is 18.2 Å². The van der Waals surface area contributed by atoms with Crippen LogP contribution in [0.1, 0.15) is 31.2 Å². The van der Waals surface area contributed by atoms with E-state index in [1.165, 1.54) is 5.56 Å². The minimum Gasteiger partial charge on any atom is -0.339 e. The highest BCUT2D eigenvalue weighted by Gasteiger charge is 2.12. The number of hydrogen-bond acceptors (Lipinski definition) is 3. The molecule has 78 valence electrons. The summed E-state index contributed by atoms with van der Waals surface area (Å²) in [6, 6.07) is 8.16. The van der Waals surface area contributed by atoms with Gasteiger partial charge in [-0.25, -0.2) is 0 Å². The third-order valence-electron chi connectivity index (χ3n) is 2.35. The fourth-order valence-corrected chi connectivity index (χ4v) is 1.61. The molecule has 0 bridgehead atoms. The number of aromatic nitrogens is 2. The maximum atomic E-state index is 4.99. The SMILES string of the molecule is Cc1nc(-c2ccccc2C(C)C)no1. The van der Waals surface area contributed by atoms with E-state index in [-0.39, 0.29) is 0 Å². The van der Waals surface area contributed by atoms with E-state index in [0.29, 0.717) is 17.6 Å². The lowest BCUT2D eigenvalue weighted by Crippen LogP contribution is -1.93. The van der Waals surface area contributed by atoms with Crippen LogP contribution in [-0.2, 0) is 0 Å². The van der Waals surface area contributed by atoms with Crippen LogP contribution in [0.4, 0.5) is 0 Å². The van der Waals surface area contributed by atoms with Crippen LogP contribution in [0.3, 0.4) is 0 Å². The molecule has 15 heavy (non-hydrogen) atoms. The molecule has 0 N–H and O–H groups in total. The molecule has 0 radical (unpaired) electrons. The topological polar surface area (TPSA) is 38.9 Å². The lowest BCUT2D eigenvalue weighted by Gasteiger charge is -2.08. The van der Waals surface area contributed by atoms with Crippen LogP contribution in [0.5, 0.6) is 0 Å². The summed E-state index contributed by atoms with van der Waals surface area (Å²) < 4.78 is 4.99. The summed E-state index contributed by atoms with van der Waals surface area (Å²) in [6.45, 7) is 6.12. The zero-order chi connectivity index (χ0) is 10.8. The van der Waals surface area contributed by atoms with Crippen molar-refractivity contribution >= 4 is 0 Å². The van der Waals surface area contributed by atoms with Gasteiger partial charge in [0, 0.05) is 12.5 Å². The summed E-state index contributed by atoms with van der Waals surface area (Å²) in [7, 11) is 0. The van der Waals surface area contributed by atoms with Crippen molar-refractivity contribution in [3.8, 4) is 11.4 Å². The van der Waals surface area contributed by atoms with Crippen LogP contribution in [-0.4, -0.2) is 10.1 Å². The van der Waals surface area contributed by atoms with Gasteiger partial charge in [-0.1, -0.05) is 43.3 Å². The molecule has 0 saturated carbocycles. The quantitative estimate of drug-likeness (QED) is 0.750. The lowest BCUT2D eigenvalue weighted by atomic mass is 9.97. The fraction of sp³-hybridized carbons (Fsp3) is 0.333. The maximum absolute atomic E-state index is 4.99. The van der Waals surface area contributed by atoms with Crippen molar-refractivity contribution in [2.24, 2.45) is 0 Å². The van der Waals surface area contributed by atoms with Gasteiger partial charge in [0.2, 0.25) is 11.7 Å². The van der Waals surface area contributed by atoms with Crippen LogP contribution < -0.4 is 0 Å². The molecular formula is C12H14N2O. The van der Waals surface area contributed by atoms with Gasteiger partial charge < -0.3 is 4.52 Å². The van der Waals surface area contributed by atoms with Crippen molar-refractivity contribution in [1.82, 2.24) is 10.1 Å². The third kappa shape index (κ3) is 1.91. The number of rotatable bonds is 2. The van der Waals surface area contributed by atoms with Crippen LogP contribution in [0, 0.1) is 6.92 Å². The first-order valence-electron chi connectivity index (χ1n) is 5.08. The molecule has 2 aromatic rings. The van der Waals surface area contributed by atoms with Crippen molar-refractivity contribution in [2.75, 3.05) is 0 Å². The first kappa shape index (κ1) is 9.90. The minimum atomic E-state index is 0.458. The average molecular weight is 202 g/mol. The largest absolute Gasteiger partial charge is 0.339 e. The van der Waals surface area contributed by atoms with Crippen molar-refractivity contribution < 1.29 is 4.52 Å². The molecule has 0 aliphatic carbocycles. The molecule has 0 saturated heterocycles. The first-order valence-corrected chi connectivity index (χ1v) is 5.08. The van der Waals surface area contributed by atoms with Gasteiger partial charge in [0.15, 0.2) is 0 Å². The van der Waals surface area contributed by atoms with Crippen LogP contribution >= 0.6 is 0 Å². The Hall–Kier alpha value is -1.64. The van der Waals surface area contributed by atoms with Gasteiger partial charge in [-0.2, -0.15) is 4.98 Å². The predicted octanol–water partition coefficient (Wildman–Crippen LogP) is 3.17. The molecule has 0 amide bonds. The summed E-state index contributed by atoms with van der Waals surface area (Å²) in [5, 5.41) is 3.94. The fourth-order valence-electron chi connectivity index (χ4n) is 1.61. The third-order valence-corrected chi connectivity index (χ3v) is 2.35. The number of aryl methyl sites for hydroxylation is 1. The van der Waals surface area contributed by atoms with E-state index in [1.54, 1.807) is 6.92 Å². The molecule has 0 spiro atoms. The van der Waals surface area contributed by atoms with E-state index in [0.717, 1.165) is 5.56 Å². The van der Waals surface area contributed by atoms with E-state index >= 15 is 0 Å². The molecule has 2 rings (SSSR count). The lowest BCUT2D eigenvalue weighted by molar-refractivity contribution is 0.394. The van der Waals surface area contributed by atoms with Crippen molar-refractivity contribution in [3.05, 3.63) is 35.7 Å². The van der Waals surface area contributed by atoms with E-state index in [2.05, 4.69) is 30.1 Å². The van der Waals surface area contributed by atoms with Crippen molar-refractivity contribution in [2.45, 2.75) is 26.7 Å². The highest BCUT2D eigenvalue weighted by Crippen LogP contribution is 2.26. The molecular weight excluding hydrogens is 188 g/mol. The monoisotopic (exact) mass is 202 g/mol. The Kier molecular flexibility index (Phi) is 2.54. The minimum absolute atomic E-state index is 0.458. The molecule has 0 aliphatic heterocycles. The molecule has 3 heteroatoms. The Morgan fingerprint density at radius 2 is 1.93 bits per heavy atom. The Labute approximate surface area is 89.1 Å². The van der Waals surface area contributed by atoms with E-state index in [4.69, 9.17) is 4.52 Å². The zero-order valence-electron chi connectivity index (χ0n) is 9.19. The molecule has 3 nitrogen and oxygen atoms in total. The summed E-state index contributed by atoms with van der Waals surface area (Å²) >= 11 is 0. The Bertz CT molecular complexity index is 460. The first-order chi connectivity index (χ1) is 7.18. The number of hydrogen-bond donors (Lipinski definition) is 0. The second-order valence-electron chi connectivity index (χ2n) is 3.88. The van der Waals surface area contributed by atoms with Crippen LogP contribution in [0.2, 0.25) is 0 Å². The summed E-state index contributed by atoms with van der Waals surface area (Å²) in [5.41, 5.74) is 2.31.